The predicted octanol–water partition coefficient (Wildman–Crippen LogP) is 3.17. The summed E-state index contributed by atoms with van der Waals surface area (Å²) in [5, 5.41) is -0.799. The van der Waals surface area contributed by atoms with E-state index >= 15 is 0 Å². The van der Waals surface area contributed by atoms with Crippen molar-refractivity contribution < 1.29 is 4.74 Å². The second-order valence-corrected chi connectivity index (χ2v) is 6.75. The van der Waals surface area contributed by atoms with Gasteiger partial charge in [-0.05, 0) is 33.1 Å². The van der Waals surface area contributed by atoms with Crippen LogP contribution >= 0.6 is 11.6 Å². The number of aromatic nitrogens is 2. The van der Waals surface area contributed by atoms with Gasteiger partial charge in [-0.2, -0.15) is 0 Å². The summed E-state index contributed by atoms with van der Waals surface area (Å²) in [5.74, 6) is 1.25. The standard InChI is InChI=1S/C17H26ClN3O/c1-14(16-19-10-12-21(16)4)15-8-5-6-9-17(15,18)22-13-7-11-20(2)3/h5-6,8-10,12,14-15H,7,11,13H2,1-4H3. The molecule has 0 saturated carbocycles. The maximum Gasteiger partial charge on any atom is 0.167 e. The largest absolute Gasteiger partial charge is 0.355 e. The van der Waals surface area contributed by atoms with Crippen molar-refractivity contribution >= 4 is 11.6 Å². The summed E-state index contributed by atoms with van der Waals surface area (Å²) in [6, 6.07) is 0. The topological polar surface area (TPSA) is 30.3 Å². The fourth-order valence-electron chi connectivity index (χ4n) is 2.85. The van der Waals surface area contributed by atoms with Crippen LogP contribution in [0.4, 0.5) is 0 Å². The van der Waals surface area contributed by atoms with Crippen molar-refractivity contribution in [2.45, 2.75) is 24.3 Å². The first-order valence-electron chi connectivity index (χ1n) is 7.75. The molecule has 1 aromatic rings. The summed E-state index contributed by atoms with van der Waals surface area (Å²) in [4.78, 5) is 6.61. The van der Waals surface area contributed by atoms with Gasteiger partial charge in [0.1, 0.15) is 5.82 Å². The highest BCUT2D eigenvalue weighted by atomic mass is 35.5. The molecular formula is C17H26ClN3O. The third-order valence-corrected chi connectivity index (χ3v) is 4.57. The van der Waals surface area contributed by atoms with E-state index in [1.807, 2.05) is 42.2 Å². The molecule has 2 rings (SSSR count). The summed E-state index contributed by atoms with van der Waals surface area (Å²) in [6.07, 6.45) is 12.8. The number of nitrogens with zero attached hydrogens (tertiary/aromatic N) is 3. The van der Waals surface area contributed by atoms with Crippen LogP contribution in [0, 0.1) is 5.92 Å². The molecule has 0 aromatic carbocycles. The first-order chi connectivity index (χ1) is 10.4. The lowest BCUT2D eigenvalue weighted by Crippen LogP contribution is -2.37. The molecule has 0 amide bonds. The molecule has 0 aliphatic heterocycles. The van der Waals surface area contributed by atoms with Gasteiger partial charge in [0, 0.05) is 31.3 Å². The Kier molecular flexibility index (Phi) is 5.84. The number of aryl methyl sites for hydroxylation is 1. The number of hydrogen-bond donors (Lipinski definition) is 0. The van der Waals surface area contributed by atoms with E-state index in [9.17, 15) is 0 Å². The van der Waals surface area contributed by atoms with Crippen LogP contribution in [0.5, 0.6) is 0 Å². The third-order valence-electron chi connectivity index (χ3n) is 4.08. The highest BCUT2D eigenvalue weighted by Gasteiger charge is 2.40. The molecule has 0 saturated heterocycles. The lowest BCUT2D eigenvalue weighted by molar-refractivity contribution is 0.0137. The summed E-state index contributed by atoms with van der Waals surface area (Å²) in [5.41, 5.74) is 0. The van der Waals surface area contributed by atoms with Gasteiger partial charge in [0.15, 0.2) is 5.06 Å². The molecule has 122 valence electrons. The Bertz CT molecular complexity index is 538. The van der Waals surface area contributed by atoms with Crippen LogP contribution in [0.25, 0.3) is 0 Å². The van der Waals surface area contributed by atoms with E-state index in [1.54, 1.807) is 0 Å². The number of hydrogen-bond acceptors (Lipinski definition) is 3. The highest BCUT2D eigenvalue weighted by molar-refractivity contribution is 6.24. The third kappa shape index (κ3) is 4.00. The molecule has 1 aromatic heterocycles. The van der Waals surface area contributed by atoms with Crippen molar-refractivity contribution in [3.63, 3.8) is 0 Å². The van der Waals surface area contributed by atoms with Gasteiger partial charge < -0.3 is 14.2 Å². The SMILES string of the molecule is CC(c1nccn1C)C1C=CC=CC1(Cl)OCCCN(C)C. The van der Waals surface area contributed by atoms with Crippen molar-refractivity contribution in [1.82, 2.24) is 14.5 Å². The molecule has 22 heavy (non-hydrogen) atoms. The summed E-state index contributed by atoms with van der Waals surface area (Å²) in [6.45, 7) is 3.78. The number of rotatable bonds is 7. The van der Waals surface area contributed by atoms with Gasteiger partial charge in [0.2, 0.25) is 0 Å². The highest BCUT2D eigenvalue weighted by Crippen LogP contribution is 2.41. The van der Waals surface area contributed by atoms with Crippen molar-refractivity contribution in [3.8, 4) is 0 Å². The summed E-state index contributed by atoms with van der Waals surface area (Å²) < 4.78 is 8.10. The van der Waals surface area contributed by atoms with Crippen molar-refractivity contribution in [2.24, 2.45) is 13.0 Å². The molecule has 5 heteroatoms. The van der Waals surface area contributed by atoms with Gasteiger partial charge in [0.25, 0.3) is 0 Å². The van der Waals surface area contributed by atoms with Crippen molar-refractivity contribution in [3.05, 3.63) is 42.5 Å². The van der Waals surface area contributed by atoms with E-state index in [0.29, 0.717) is 6.61 Å². The van der Waals surface area contributed by atoms with Crippen molar-refractivity contribution in [2.75, 3.05) is 27.2 Å². The lowest BCUT2D eigenvalue weighted by Gasteiger charge is -2.36. The molecule has 0 N–H and O–H groups in total. The minimum atomic E-state index is -0.799. The first kappa shape index (κ1) is 17.3. The van der Waals surface area contributed by atoms with Crippen molar-refractivity contribution in [1.29, 1.82) is 0 Å². The second-order valence-electron chi connectivity index (χ2n) is 6.16. The molecule has 0 bridgehead atoms. The predicted molar refractivity (Wildman–Crippen MR) is 91.1 cm³/mol. The Balaban J connectivity index is 2.06. The van der Waals surface area contributed by atoms with Gasteiger partial charge in [-0.3, -0.25) is 0 Å². The lowest BCUT2D eigenvalue weighted by atomic mass is 9.84. The minimum absolute atomic E-state index is 0.0552. The van der Waals surface area contributed by atoms with Gasteiger partial charge in [-0.25, -0.2) is 4.98 Å². The number of allylic oxidation sites excluding steroid dienone is 2. The quantitative estimate of drug-likeness (QED) is 0.570. The van der Waals surface area contributed by atoms with Crippen LogP contribution in [0.15, 0.2) is 36.7 Å². The van der Waals surface area contributed by atoms with Gasteiger partial charge in [0.05, 0.1) is 6.61 Å². The molecule has 1 aliphatic carbocycles. The van der Waals surface area contributed by atoms with E-state index in [-0.39, 0.29) is 11.8 Å². The fourth-order valence-corrected chi connectivity index (χ4v) is 3.26. The fraction of sp³-hybridized carbons (Fsp3) is 0.588. The normalized spacial score (nSPS) is 25.8. The van der Waals surface area contributed by atoms with E-state index in [4.69, 9.17) is 16.3 Å². The van der Waals surface area contributed by atoms with E-state index in [0.717, 1.165) is 18.8 Å². The van der Waals surface area contributed by atoms with Gasteiger partial charge in [-0.15, -0.1) is 0 Å². The smallest absolute Gasteiger partial charge is 0.167 e. The molecule has 0 spiro atoms. The Morgan fingerprint density at radius 3 is 2.86 bits per heavy atom. The summed E-state index contributed by atoms with van der Waals surface area (Å²) >= 11 is 6.81. The Hall–Kier alpha value is -1.10. The van der Waals surface area contributed by atoms with E-state index in [1.165, 1.54) is 0 Å². The van der Waals surface area contributed by atoms with E-state index in [2.05, 4.69) is 37.0 Å². The number of halogens is 1. The van der Waals surface area contributed by atoms with Gasteiger partial charge in [-0.1, -0.05) is 36.8 Å². The summed E-state index contributed by atoms with van der Waals surface area (Å²) in [7, 11) is 6.13. The Labute approximate surface area is 138 Å². The monoisotopic (exact) mass is 323 g/mol. The molecule has 3 atom stereocenters. The first-order valence-corrected chi connectivity index (χ1v) is 8.12. The Morgan fingerprint density at radius 1 is 1.45 bits per heavy atom. The van der Waals surface area contributed by atoms with Crippen LogP contribution in [0.2, 0.25) is 0 Å². The zero-order valence-corrected chi connectivity index (χ0v) is 14.6. The van der Waals surface area contributed by atoms with Crippen LogP contribution < -0.4 is 0 Å². The molecule has 1 heterocycles. The average Bonchev–Trinajstić information content (AvgIpc) is 2.89. The Morgan fingerprint density at radius 2 is 2.23 bits per heavy atom. The second kappa shape index (κ2) is 7.44. The maximum absolute atomic E-state index is 6.81. The molecule has 3 unspecified atom stereocenters. The minimum Gasteiger partial charge on any atom is -0.355 e. The number of alkyl halides is 1. The van der Waals surface area contributed by atoms with Crippen LogP contribution in [-0.4, -0.2) is 46.8 Å². The maximum atomic E-state index is 6.81. The average molecular weight is 324 g/mol. The molecular weight excluding hydrogens is 298 g/mol. The molecule has 0 radical (unpaired) electrons. The number of ether oxygens (including phenoxy) is 1. The van der Waals surface area contributed by atoms with Crippen LogP contribution in [0.3, 0.4) is 0 Å². The number of imidazole rings is 1. The van der Waals surface area contributed by atoms with Crippen LogP contribution in [0.1, 0.15) is 25.1 Å². The molecule has 0 fully saturated rings. The zero-order chi connectivity index (χ0) is 16.2. The zero-order valence-electron chi connectivity index (χ0n) is 13.9. The van der Waals surface area contributed by atoms with Crippen LogP contribution in [-0.2, 0) is 11.8 Å². The van der Waals surface area contributed by atoms with E-state index < -0.39 is 5.06 Å². The molecule has 1 aliphatic rings. The molecule has 4 nitrogen and oxygen atoms in total. The van der Waals surface area contributed by atoms with Gasteiger partial charge >= 0.3 is 0 Å².